The van der Waals surface area contributed by atoms with E-state index in [1.54, 1.807) is 24.4 Å². The Bertz CT molecular complexity index is 1570. The molecule has 2 aromatic carbocycles. The van der Waals surface area contributed by atoms with Crippen molar-refractivity contribution in [2.45, 2.75) is 31.6 Å². The monoisotopic (exact) mass is 606 g/mol. The second kappa shape index (κ2) is 10.5. The number of fused-ring (bicyclic) bond motifs is 1. The maximum atomic E-state index is 14.4. The van der Waals surface area contributed by atoms with Crippen molar-refractivity contribution in [3.8, 4) is 0 Å². The lowest BCUT2D eigenvalue weighted by molar-refractivity contribution is 0.100. The third-order valence-corrected chi connectivity index (χ3v) is 7.93. The molecule has 4 aromatic rings. The Labute approximate surface area is 227 Å². The maximum Gasteiger partial charge on any atom is 0.261 e. The number of pyridine rings is 1. The molecular formula is C26H22BrF3N4O3S. The molecule has 1 unspecified atom stereocenters. The van der Waals surface area contributed by atoms with Crippen molar-refractivity contribution in [2.24, 2.45) is 5.73 Å². The smallest absolute Gasteiger partial charge is 0.261 e. The number of halogens is 4. The highest BCUT2D eigenvalue weighted by molar-refractivity contribution is 9.10. The van der Waals surface area contributed by atoms with Gasteiger partial charge in [-0.2, -0.15) is 5.10 Å². The highest BCUT2D eigenvalue weighted by atomic mass is 79.9. The zero-order chi connectivity index (χ0) is 27.1. The SMILES string of the molecule is NC(=O)c1c(Cc2ccc(F)cc2)nn2cc(N(CCc3ccc(Br)c(F)c3F)S(=O)O)c(C3CC3)cc12. The zero-order valence-corrected chi connectivity index (χ0v) is 22.2. The summed E-state index contributed by atoms with van der Waals surface area (Å²) in [4.78, 5) is 12.4. The summed E-state index contributed by atoms with van der Waals surface area (Å²) in [6.45, 7) is -0.0846. The predicted octanol–water partition coefficient (Wildman–Crippen LogP) is 5.27. The van der Waals surface area contributed by atoms with Crippen LogP contribution in [0.5, 0.6) is 0 Å². The first-order valence-electron chi connectivity index (χ1n) is 11.7. The number of aromatic nitrogens is 2. The minimum atomic E-state index is -2.49. The molecule has 1 aliphatic rings. The molecule has 7 nitrogen and oxygen atoms in total. The molecule has 1 amide bonds. The van der Waals surface area contributed by atoms with Crippen LogP contribution < -0.4 is 10.0 Å². The van der Waals surface area contributed by atoms with E-state index in [4.69, 9.17) is 5.73 Å². The molecule has 0 aliphatic heterocycles. The number of anilines is 1. The average Bonchev–Trinajstić information content (AvgIpc) is 3.65. The van der Waals surface area contributed by atoms with Crippen LogP contribution in [0.15, 0.2) is 53.1 Å². The number of benzene rings is 2. The van der Waals surface area contributed by atoms with Crippen LogP contribution in [0.25, 0.3) is 5.52 Å². The maximum absolute atomic E-state index is 14.4. The van der Waals surface area contributed by atoms with Crippen molar-refractivity contribution in [1.29, 1.82) is 0 Å². The van der Waals surface area contributed by atoms with Crippen LogP contribution in [0.4, 0.5) is 18.9 Å². The highest BCUT2D eigenvalue weighted by Crippen LogP contribution is 2.45. The van der Waals surface area contributed by atoms with Gasteiger partial charge in [-0.25, -0.2) is 21.9 Å². The molecule has 1 fully saturated rings. The first-order chi connectivity index (χ1) is 18.1. The molecule has 2 aromatic heterocycles. The largest absolute Gasteiger partial charge is 0.365 e. The summed E-state index contributed by atoms with van der Waals surface area (Å²) in [5.74, 6) is -3.02. The number of amides is 1. The van der Waals surface area contributed by atoms with Gasteiger partial charge in [0.15, 0.2) is 11.6 Å². The fraction of sp³-hybridized carbons (Fsp3) is 0.231. The highest BCUT2D eigenvalue weighted by Gasteiger charge is 2.31. The fourth-order valence-electron chi connectivity index (χ4n) is 4.53. The van der Waals surface area contributed by atoms with Gasteiger partial charge in [0.05, 0.1) is 33.1 Å². The minimum absolute atomic E-state index is 0.0109. The number of hydrogen-bond acceptors (Lipinski definition) is 3. The standard InChI is InChI=1S/C26H22BrF3N4O3S/c27-19-8-5-16(24(29)25(19)30)9-10-34(38(36)37)22-13-33-21(12-18(22)15-3-4-15)23(26(31)35)20(32-33)11-14-1-6-17(28)7-2-14/h1-2,5-8,12-13,15H,3-4,9-11H2,(H2,31,35)(H,36,37). The van der Waals surface area contributed by atoms with E-state index in [9.17, 15) is 26.7 Å². The van der Waals surface area contributed by atoms with Gasteiger partial charge in [-0.15, -0.1) is 0 Å². The third kappa shape index (κ3) is 5.20. The van der Waals surface area contributed by atoms with E-state index in [1.807, 2.05) is 0 Å². The van der Waals surface area contributed by atoms with Gasteiger partial charge >= 0.3 is 0 Å². The molecule has 0 spiro atoms. The zero-order valence-electron chi connectivity index (χ0n) is 19.8. The molecule has 198 valence electrons. The molecule has 1 saturated carbocycles. The molecule has 0 radical (unpaired) electrons. The molecule has 2 heterocycles. The predicted molar refractivity (Wildman–Crippen MR) is 141 cm³/mol. The van der Waals surface area contributed by atoms with Crippen LogP contribution in [0.1, 0.15) is 51.5 Å². The van der Waals surface area contributed by atoms with Crippen LogP contribution in [0.3, 0.4) is 0 Å². The van der Waals surface area contributed by atoms with Gasteiger partial charge in [-0.3, -0.25) is 13.7 Å². The lowest BCUT2D eigenvalue weighted by Crippen LogP contribution is -2.29. The molecule has 0 saturated heterocycles. The molecule has 3 N–H and O–H groups in total. The van der Waals surface area contributed by atoms with E-state index in [0.717, 1.165) is 24.0 Å². The van der Waals surface area contributed by atoms with Crippen molar-refractivity contribution in [2.75, 3.05) is 10.8 Å². The third-order valence-electron chi connectivity index (χ3n) is 6.56. The summed E-state index contributed by atoms with van der Waals surface area (Å²) >= 11 is 0.456. The second-order valence-corrected chi connectivity index (χ2v) is 10.9. The number of carbonyl (C=O) groups is 1. The average molecular weight is 607 g/mol. The van der Waals surface area contributed by atoms with Gasteiger partial charge in [-0.1, -0.05) is 18.2 Å². The Kier molecular flexibility index (Phi) is 7.30. The van der Waals surface area contributed by atoms with E-state index >= 15 is 0 Å². The quantitative estimate of drug-likeness (QED) is 0.200. The van der Waals surface area contributed by atoms with Gasteiger partial charge in [0.25, 0.3) is 17.2 Å². The molecule has 12 heteroatoms. The lowest BCUT2D eigenvalue weighted by atomic mass is 10.0. The van der Waals surface area contributed by atoms with Gasteiger partial charge < -0.3 is 5.73 Å². The summed E-state index contributed by atoms with van der Waals surface area (Å²) in [5, 5.41) is 4.53. The molecular weight excluding hydrogens is 585 g/mol. The summed E-state index contributed by atoms with van der Waals surface area (Å²) in [6.07, 6.45) is 3.44. The number of hydrogen-bond donors (Lipinski definition) is 2. The lowest BCUT2D eigenvalue weighted by Gasteiger charge is -2.23. The number of nitrogens with zero attached hydrogens (tertiary/aromatic N) is 3. The summed E-state index contributed by atoms with van der Waals surface area (Å²) in [6, 6.07) is 10.3. The van der Waals surface area contributed by atoms with E-state index in [1.165, 1.54) is 33.1 Å². The molecule has 5 rings (SSSR count). The Balaban J connectivity index is 1.56. The molecule has 38 heavy (non-hydrogen) atoms. The molecule has 1 atom stereocenters. The Hall–Kier alpha value is -3.22. The molecule has 1 aliphatic carbocycles. The number of rotatable bonds is 9. The van der Waals surface area contributed by atoms with Crippen LogP contribution in [-0.4, -0.2) is 30.8 Å². The first kappa shape index (κ1) is 26.4. The van der Waals surface area contributed by atoms with Crippen LogP contribution in [-0.2, 0) is 24.1 Å². The van der Waals surface area contributed by atoms with Crippen molar-refractivity contribution < 1.29 is 26.7 Å². The minimum Gasteiger partial charge on any atom is -0.365 e. The number of carbonyl (C=O) groups excluding carboxylic acids is 1. The van der Waals surface area contributed by atoms with Crippen molar-refractivity contribution in [3.63, 3.8) is 0 Å². The normalized spacial score (nSPS) is 14.1. The van der Waals surface area contributed by atoms with E-state index in [2.05, 4.69) is 21.0 Å². The van der Waals surface area contributed by atoms with Gasteiger partial charge in [0.1, 0.15) is 5.82 Å². The Morgan fingerprint density at radius 2 is 1.87 bits per heavy atom. The Morgan fingerprint density at radius 3 is 2.50 bits per heavy atom. The van der Waals surface area contributed by atoms with Gasteiger partial charge in [-0.05, 0) is 82.1 Å². The van der Waals surface area contributed by atoms with Crippen LogP contribution in [0.2, 0.25) is 0 Å². The number of nitrogens with two attached hydrogens (primary N) is 1. The van der Waals surface area contributed by atoms with Gasteiger partial charge in [0, 0.05) is 13.0 Å². The summed E-state index contributed by atoms with van der Waals surface area (Å²) < 4.78 is 67.0. The fourth-order valence-corrected chi connectivity index (χ4v) is 5.40. The topological polar surface area (TPSA) is 101 Å². The van der Waals surface area contributed by atoms with E-state index < -0.39 is 28.8 Å². The second-order valence-electron chi connectivity index (χ2n) is 9.12. The van der Waals surface area contributed by atoms with Gasteiger partial charge in [0.2, 0.25) is 0 Å². The van der Waals surface area contributed by atoms with E-state index in [-0.39, 0.29) is 46.7 Å². The van der Waals surface area contributed by atoms with E-state index in [0.29, 0.717) is 16.9 Å². The summed E-state index contributed by atoms with van der Waals surface area (Å²) in [5.41, 5.74) is 8.68. The first-order valence-corrected chi connectivity index (χ1v) is 13.6. The van der Waals surface area contributed by atoms with Crippen LogP contribution in [0, 0.1) is 17.5 Å². The van der Waals surface area contributed by atoms with Crippen molar-refractivity contribution in [3.05, 3.63) is 98.5 Å². The summed E-state index contributed by atoms with van der Waals surface area (Å²) in [7, 11) is 0. The van der Waals surface area contributed by atoms with Crippen LogP contribution >= 0.6 is 15.9 Å². The number of primary amides is 1. The Morgan fingerprint density at radius 1 is 1.16 bits per heavy atom. The van der Waals surface area contributed by atoms with Crippen molar-refractivity contribution >= 4 is 44.3 Å². The van der Waals surface area contributed by atoms with Crippen molar-refractivity contribution in [1.82, 2.24) is 9.61 Å². The molecule has 0 bridgehead atoms.